The average Bonchev–Trinajstić information content (AvgIpc) is 3.60. The maximum Gasteiger partial charge on any atom is 0.148 e. The van der Waals surface area contributed by atoms with E-state index in [1.54, 1.807) is 0 Å². The zero-order chi connectivity index (χ0) is 41.9. The Morgan fingerprint density at radius 3 is 2.00 bits per heavy atom. The van der Waals surface area contributed by atoms with Gasteiger partial charge in [-0.05, 0) is 81.8 Å². The van der Waals surface area contributed by atoms with Crippen LogP contribution in [0.1, 0.15) is 84.9 Å². The quantitative estimate of drug-likeness (QED) is 0.162. The van der Waals surface area contributed by atoms with E-state index in [1.807, 2.05) is 56.4 Å². The van der Waals surface area contributed by atoms with Crippen LogP contribution in [0.4, 0.5) is 0 Å². The number of fused-ring (bicyclic) bond motifs is 1. The number of aromatic hydroxyl groups is 1. The number of phenolic OH excluding ortho intramolecular Hbond substituents is 1. The maximum atomic E-state index is 12.2. The molecule has 8 rings (SSSR count). The van der Waals surface area contributed by atoms with Crippen molar-refractivity contribution in [1.29, 1.82) is 0 Å². The maximum absolute atomic E-state index is 12.2. The van der Waals surface area contributed by atoms with Crippen molar-refractivity contribution in [2.24, 2.45) is 0 Å². The van der Waals surface area contributed by atoms with Crippen LogP contribution in [-0.4, -0.2) is 19.6 Å². The fraction of sp³-hybridized carbons (Fsp3) is 0.222. The predicted molar refractivity (Wildman–Crippen MR) is 243 cm³/mol. The van der Waals surface area contributed by atoms with Crippen LogP contribution in [0.5, 0.6) is 5.75 Å². The largest absolute Gasteiger partial charge is 0.507 e. The molecule has 2 heterocycles. The average molecular weight is 955 g/mol. The van der Waals surface area contributed by atoms with Crippen LogP contribution in [0.15, 0.2) is 140 Å². The van der Waals surface area contributed by atoms with E-state index < -0.39 is 5.89 Å². The molecule has 4 nitrogen and oxygen atoms in total. The third kappa shape index (κ3) is 8.21. The van der Waals surface area contributed by atoms with E-state index in [0.29, 0.717) is 11.4 Å². The van der Waals surface area contributed by atoms with Crippen molar-refractivity contribution in [3.63, 3.8) is 0 Å². The summed E-state index contributed by atoms with van der Waals surface area (Å²) in [4.78, 5) is 10.4. The van der Waals surface area contributed by atoms with Gasteiger partial charge in [0.1, 0.15) is 11.6 Å². The van der Waals surface area contributed by atoms with Gasteiger partial charge >= 0.3 is 0 Å². The summed E-state index contributed by atoms with van der Waals surface area (Å²) in [5.74, 6) is 0.0463. The summed E-state index contributed by atoms with van der Waals surface area (Å²) < 4.78 is 11.2. The summed E-state index contributed by atoms with van der Waals surface area (Å²) in [7, 11) is 0. The van der Waals surface area contributed by atoms with E-state index in [9.17, 15) is 5.11 Å². The number of aryl methyl sites for hydroxylation is 1. The number of aromatic nitrogens is 3. The minimum Gasteiger partial charge on any atom is -0.507 e. The number of hydrogen-bond acceptors (Lipinski definition) is 3. The smallest absolute Gasteiger partial charge is 0.148 e. The van der Waals surface area contributed by atoms with E-state index in [-0.39, 0.29) is 37.6 Å². The number of pyridine rings is 1. The molecule has 300 valence electrons. The first kappa shape index (κ1) is 40.2. The first-order valence-corrected chi connectivity index (χ1v) is 20.1. The molecule has 0 radical (unpaired) electrons. The molecule has 0 fully saturated rings. The molecule has 2 aromatic heterocycles. The second kappa shape index (κ2) is 16.2. The van der Waals surface area contributed by atoms with Gasteiger partial charge in [0.15, 0.2) is 0 Å². The molecule has 5 heteroatoms. The van der Waals surface area contributed by atoms with Crippen molar-refractivity contribution in [1.82, 2.24) is 14.5 Å². The Hall–Kier alpha value is -5.57. The molecule has 0 spiro atoms. The number of imidazole rings is 1. The van der Waals surface area contributed by atoms with Gasteiger partial charge in [-0.1, -0.05) is 158 Å². The Morgan fingerprint density at radius 2 is 1.34 bits per heavy atom. The van der Waals surface area contributed by atoms with Gasteiger partial charge in [-0.15, -0.1) is 29.3 Å². The molecule has 0 amide bonds. The van der Waals surface area contributed by atoms with Gasteiger partial charge in [0.2, 0.25) is 0 Å². The third-order valence-electron chi connectivity index (χ3n) is 11.1. The van der Waals surface area contributed by atoms with Crippen LogP contribution in [0.25, 0.3) is 72.7 Å². The van der Waals surface area contributed by atoms with Crippen LogP contribution in [0.3, 0.4) is 0 Å². The summed E-state index contributed by atoms with van der Waals surface area (Å²) in [5, 5.41) is 12.2. The summed E-state index contributed by atoms with van der Waals surface area (Å²) >= 11 is 0. The van der Waals surface area contributed by atoms with Crippen molar-refractivity contribution in [2.75, 3.05) is 0 Å². The zero-order valence-electron chi connectivity index (χ0n) is 36.4. The first-order chi connectivity index (χ1) is 28.0. The summed E-state index contributed by atoms with van der Waals surface area (Å²) in [5.41, 5.74) is 14.6. The molecule has 0 saturated carbocycles. The monoisotopic (exact) mass is 954 g/mol. The molecule has 0 aliphatic heterocycles. The summed E-state index contributed by atoms with van der Waals surface area (Å²) in [6.45, 7) is 19.0. The van der Waals surface area contributed by atoms with Crippen molar-refractivity contribution in [2.45, 2.75) is 79.0 Å². The molecule has 6 aromatic carbocycles. The van der Waals surface area contributed by atoms with Gasteiger partial charge in [-0.25, -0.2) is 4.98 Å². The van der Waals surface area contributed by atoms with Gasteiger partial charge in [0.05, 0.1) is 22.3 Å². The molecular weight excluding hydrogens is 902 g/mol. The van der Waals surface area contributed by atoms with Gasteiger partial charge in [0, 0.05) is 45.5 Å². The van der Waals surface area contributed by atoms with Gasteiger partial charge in [-0.2, -0.15) is 0 Å². The Morgan fingerprint density at radius 1 is 0.661 bits per heavy atom. The molecular formula is C54H52N3OPt-. The molecule has 1 N–H and O–H groups in total. The van der Waals surface area contributed by atoms with E-state index in [2.05, 4.69) is 156 Å². The second-order valence-electron chi connectivity index (χ2n) is 17.7. The molecule has 8 aromatic rings. The normalized spacial score (nSPS) is 12.3. The molecule has 0 saturated heterocycles. The van der Waals surface area contributed by atoms with Crippen molar-refractivity contribution < 1.29 is 27.5 Å². The van der Waals surface area contributed by atoms with Crippen LogP contribution in [0, 0.1) is 13.0 Å². The fourth-order valence-electron chi connectivity index (χ4n) is 7.83. The van der Waals surface area contributed by atoms with Crippen LogP contribution in [-0.2, 0) is 31.9 Å². The molecule has 0 aliphatic rings. The van der Waals surface area contributed by atoms with Crippen molar-refractivity contribution in [3.05, 3.63) is 168 Å². The number of rotatable bonds is 7. The minimum atomic E-state index is -0.813. The molecule has 59 heavy (non-hydrogen) atoms. The Labute approximate surface area is 365 Å². The van der Waals surface area contributed by atoms with Crippen LogP contribution >= 0.6 is 0 Å². The Bertz CT molecular complexity index is 2840. The predicted octanol–water partition coefficient (Wildman–Crippen LogP) is 14.3. The van der Waals surface area contributed by atoms with Gasteiger partial charge < -0.3 is 5.11 Å². The van der Waals surface area contributed by atoms with Crippen LogP contribution in [0.2, 0.25) is 0 Å². The second-order valence-corrected chi connectivity index (χ2v) is 17.7. The molecule has 0 bridgehead atoms. The number of para-hydroxylation sites is 1. The van der Waals surface area contributed by atoms with Crippen molar-refractivity contribution in [3.8, 4) is 67.5 Å². The number of benzene rings is 6. The van der Waals surface area contributed by atoms with E-state index in [4.69, 9.17) is 11.3 Å². The van der Waals surface area contributed by atoms with Crippen molar-refractivity contribution >= 4 is 11.0 Å². The SMILES string of the molecule is [2H]C(C)(C)c1ccc(-n2c(-c3cc(C)cc(C(C)(C)C)c3O)nc3c(-c4[c-]c(-c5cc(-c6ccccc6)ccn5)cc(C(C)(C)C)c4)cccc32)c(-c2ccccc2)c1.[Pt]. The number of phenols is 1. The van der Waals surface area contributed by atoms with E-state index in [0.717, 1.165) is 83.6 Å². The fourth-order valence-corrected chi connectivity index (χ4v) is 7.83. The van der Waals surface area contributed by atoms with Crippen LogP contribution < -0.4 is 0 Å². The summed E-state index contributed by atoms with van der Waals surface area (Å²) in [6.07, 6.45) is 1.88. The zero-order valence-corrected chi connectivity index (χ0v) is 37.7. The summed E-state index contributed by atoms with van der Waals surface area (Å²) in [6, 6.07) is 49.9. The van der Waals surface area contributed by atoms with E-state index >= 15 is 0 Å². The molecule has 0 atom stereocenters. The number of nitrogens with zero attached hydrogens (tertiary/aromatic N) is 3. The van der Waals surface area contributed by atoms with Gasteiger partial charge in [-0.3, -0.25) is 9.55 Å². The van der Waals surface area contributed by atoms with E-state index in [1.165, 1.54) is 0 Å². The Kier molecular flexibility index (Phi) is 11.1. The first-order valence-electron chi connectivity index (χ1n) is 20.6. The van der Waals surface area contributed by atoms with Gasteiger partial charge in [0.25, 0.3) is 0 Å². The standard InChI is InChI=1S/C54H52N3O.Pt/c1-34(2)38-23-24-48(44(32-38)37-19-14-11-15-20-37)57-49-22-16-21-43(50(49)56-52(57)45-27-35(3)28-46(51(45)58)54(7,8)9)40-29-41(31-42(30-40)53(4,5)6)47-33-39(25-26-55-47)36-17-12-10-13-18-36;/h10-28,30-34,58H,1-9H3;/q-1;/i34D;. The third-order valence-corrected chi connectivity index (χ3v) is 11.1. The number of hydrogen-bond donors (Lipinski definition) is 1. The topological polar surface area (TPSA) is 50.9 Å². The molecule has 0 aliphatic carbocycles. The Balaban J connectivity index is 0.00000544. The molecule has 0 unspecified atom stereocenters. The minimum absolute atomic E-state index is 0.